The molecule has 3 aromatic carbocycles. The summed E-state index contributed by atoms with van der Waals surface area (Å²) >= 11 is 0. The number of ether oxygens (including phenoxy) is 1. The lowest BCUT2D eigenvalue weighted by molar-refractivity contribution is -0.110. The fourth-order valence-corrected chi connectivity index (χ4v) is 4.18. The monoisotopic (exact) mass is 440 g/mol. The summed E-state index contributed by atoms with van der Waals surface area (Å²) in [5.41, 5.74) is 11.2. The number of hydrogen-bond acceptors (Lipinski definition) is 5. The molecule has 0 aromatic heterocycles. The van der Waals surface area contributed by atoms with Crippen molar-refractivity contribution >= 4 is 40.1 Å². The molecule has 1 saturated heterocycles. The second-order valence-electron chi connectivity index (χ2n) is 7.97. The van der Waals surface area contributed by atoms with Crippen LogP contribution in [0.15, 0.2) is 72.8 Å². The number of rotatable bonds is 5. The van der Waals surface area contributed by atoms with Crippen LogP contribution in [-0.2, 0) is 9.53 Å². The largest absolute Gasteiger partial charge is 0.378 e. The predicted octanol–water partition coefficient (Wildman–Crippen LogP) is 3.55. The maximum atomic E-state index is 13.0. The van der Waals surface area contributed by atoms with Gasteiger partial charge in [-0.3, -0.25) is 9.59 Å². The molecule has 1 fully saturated rings. The number of primary amides is 1. The van der Waals surface area contributed by atoms with Crippen LogP contribution in [0.3, 0.4) is 0 Å². The van der Waals surface area contributed by atoms with Crippen LogP contribution < -0.4 is 21.3 Å². The van der Waals surface area contributed by atoms with Crippen LogP contribution in [0, 0.1) is 0 Å². The molecule has 0 spiro atoms. The third-order valence-electron chi connectivity index (χ3n) is 5.87. The van der Waals surface area contributed by atoms with Crippen molar-refractivity contribution < 1.29 is 14.3 Å². The average Bonchev–Trinajstić information content (AvgIpc) is 3.18. The van der Waals surface area contributed by atoms with Crippen molar-refractivity contribution in [1.82, 2.24) is 0 Å². The Labute approximate surface area is 191 Å². The second kappa shape index (κ2) is 8.80. The Hall–Kier alpha value is -4.10. The molecule has 7 nitrogen and oxygen atoms in total. The first kappa shape index (κ1) is 20.8. The third kappa shape index (κ3) is 4.18. The Morgan fingerprint density at radius 1 is 0.939 bits per heavy atom. The van der Waals surface area contributed by atoms with E-state index < -0.39 is 5.91 Å². The van der Waals surface area contributed by atoms with Crippen LogP contribution >= 0.6 is 0 Å². The highest BCUT2D eigenvalue weighted by atomic mass is 16.5. The minimum absolute atomic E-state index is 0.233. The molecule has 0 aliphatic carbocycles. The summed E-state index contributed by atoms with van der Waals surface area (Å²) in [6.07, 6.45) is 0. The van der Waals surface area contributed by atoms with E-state index in [0.29, 0.717) is 22.5 Å². The summed E-state index contributed by atoms with van der Waals surface area (Å²) in [6, 6.07) is 22.9. The lowest BCUT2D eigenvalue weighted by Gasteiger charge is -2.29. The normalized spacial score (nSPS) is 16.7. The molecule has 0 bridgehead atoms. The summed E-state index contributed by atoms with van der Waals surface area (Å²) < 4.78 is 5.44. The number of amides is 2. The zero-order chi connectivity index (χ0) is 22.8. The van der Waals surface area contributed by atoms with Crippen molar-refractivity contribution in [3.8, 4) is 0 Å². The van der Waals surface area contributed by atoms with Crippen molar-refractivity contribution in [2.75, 3.05) is 41.8 Å². The van der Waals surface area contributed by atoms with E-state index in [1.807, 2.05) is 42.5 Å². The number of benzene rings is 3. The number of anilines is 3. The fourth-order valence-electron chi connectivity index (χ4n) is 4.18. The van der Waals surface area contributed by atoms with Crippen LogP contribution in [0.4, 0.5) is 17.1 Å². The van der Waals surface area contributed by atoms with E-state index in [9.17, 15) is 9.59 Å². The maximum Gasteiger partial charge on any atom is 0.258 e. The standard InChI is InChI=1S/C26H24N4O3/c27-25(31)18-6-11-21-22(16-18)29-26(32)23(21)24(17-4-2-1-3-5-17)28-19-7-9-20(10-8-19)30-12-14-33-15-13-30/h1-11,16,28H,12-15H2,(H2,27,31)(H,29,32)/b24-23-. The Bertz CT molecular complexity index is 1230. The number of fused-ring (bicyclic) bond motifs is 1. The Kier molecular flexibility index (Phi) is 5.54. The van der Waals surface area contributed by atoms with Crippen molar-refractivity contribution in [3.05, 3.63) is 89.5 Å². The van der Waals surface area contributed by atoms with Gasteiger partial charge in [-0.1, -0.05) is 36.4 Å². The molecule has 33 heavy (non-hydrogen) atoms. The first-order chi connectivity index (χ1) is 16.1. The zero-order valence-corrected chi connectivity index (χ0v) is 18.0. The molecular formula is C26H24N4O3. The highest BCUT2D eigenvalue weighted by Crippen LogP contribution is 2.38. The van der Waals surface area contributed by atoms with Crippen LogP contribution in [0.25, 0.3) is 11.3 Å². The van der Waals surface area contributed by atoms with Crippen molar-refractivity contribution in [2.24, 2.45) is 5.73 Å². The van der Waals surface area contributed by atoms with Gasteiger partial charge in [0.1, 0.15) is 0 Å². The molecular weight excluding hydrogens is 416 g/mol. The van der Waals surface area contributed by atoms with Gasteiger partial charge in [-0.15, -0.1) is 0 Å². The van der Waals surface area contributed by atoms with Crippen LogP contribution in [-0.4, -0.2) is 38.1 Å². The Morgan fingerprint density at radius 3 is 2.36 bits per heavy atom. The maximum absolute atomic E-state index is 13.0. The first-order valence-corrected chi connectivity index (χ1v) is 10.9. The fraction of sp³-hybridized carbons (Fsp3) is 0.154. The molecule has 0 radical (unpaired) electrons. The SMILES string of the molecule is NC(=O)c1ccc2c(c1)NC(=O)/C2=C(\Nc1ccc(N2CCOCC2)cc1)c1ccccc1. The number of hydrogen-bond donors (Lipinski definition) is 3. The van der Waals surface area contributed by atoms with E-state index >= 15 is 0 Å². The van der Waals surface area contributed by atoms with Gasteiger partial charge in [0.2, 0.25) is 5.91 Å². The number of nitrogens with two attached hydrogens (primary N) is 1. The molecule has 2 aliphatic heterocycles. The first-order valence-electron chi connectivity index (χ1n) is 10.9. The lowest BCUT2D eigenvalue weighted by Crippen LogP contribution is -2.36. The second-order valence-corrected chi connectivity index (χ2v) is 7.97. The average molecular weight is 441 g/mol. The summed E-state index contributed by atoms with van der Waals surface area (Å²) in [5, 5.41) is 6.33. The molecule has 0 unspecified atom stereocenters. The van der Waals surface area contributed by atoms with Crippen molar-refractivity contribution in [2.45, 2.75) is 0 Å². The summed E-state index contributed by atoms with van der Waals surface area (Å²) in [7, 11) is 0. The smallest absolute Gasteiger partial charge is 0.258 e. The molecule has 4 N–H and O–H groups in total. The van der Waals surface area contributed by atoms with Crippen LogP contribution in [0.2, 0.25) is 0 Å². The molecule has 7 heteroatoms. The van der Waals surface area contributed by atoms with Gasteiger partial charge >= 0.3 is 0 Å². The number of carbonyl (C=O) groups is 2. The van der Waals surface area contributed by atoms with Gasteiger partial charge in [-0.05, 0) is 42.0 Å². The van der Waals surface area contributed by atoms with E-state index in [1.165, 1.54) is 0 Å². The molecule has 5 rings (SSSR count). The van der Waals surface area contributed by atoms with Crippen molar-refractivity contribution in [1.29, 1.82) is 0 Å². The molecule has 2 amide bonds. The van der Waals surface area contributed by atoms with E-state index in [-0.39, 0.29) is 5.91 Å². The number of nitrogens with zero attached hydrogens (tertiary/aromatic N) is 1. The van der Waals surface area contributed by atoms with Gasteiger partial charge < -0.3 is 26.0 Å². The molecule has 166 valence electrons. The van der Waals surface area contributed by atoms with E-state index in [1.54, 1.807) is 18.2 Å². The van der Waals surface area contributed by atoms with Gasteiger partial charge in [0.25, 0.3) is 5.91 Å². The molecule has 0 atom stereocenters. The summed E-state index contributed by atoms with van der Waals surface area (Å²) in [5.74, 6) is -0.769. The quantitative estimate of drug-likeness (QED) is 0.527. The van der Waals surface area contributed by atoms with Gasteiger partial charge in [0.15, 0.2) is 0 Å². The Balaban J connectivity index is 1.54. The topological polar surface area (TPSA) is 96.7 Å². The zero-order valence-electron chi connectivity index (χ0n) is 18.0. The van der Waals surface area contributed by atoms with E-state index in [2.05, 4.69) is 27.7 Å². The van der Waals surface area contributed by atoms with Gasteiger partial charge in [0, 0.05) is 41.3 Å². The highest BCUT2D eigenvalue weighted by Gasteiger charge is 2.29. The minimum Gasteiger partial charge on any atom is -0.378 e. The van der Waals surface area contributed by atoms with E-state index in [0.717, 1.165) is 48.8 Å². The summed E-state index contributed by atoms with van der Waals surface area (Å²) in [6.45, 7) is 3.21. The Morgan fingerprint density at radius 2 is 1.67 bits per heavy atom. The van der Waals surface area contributed by atoms with Gasteiger partial charge in [-0.2, -0.15) is 0 Å². The number of morpholine rings is 1. The number of carbonyl (C=O) groups excluding carboxylic acids is 2. The van der Waals surface area contributed by atoms with E-state index in [4.69, 9.17) is 10.5 Å². The predicted molar refractivity (Wildman–Crippen MR) is 130 cm³/mol. The molecule has 0 saturated carbocycles. The number of nitrogens with one attached hydrogen (secondary N) is 2. The van der Waals surface area contributed by atoms with Crippen molar-refractivity contribution in [3.63, 3.8) is 0 Å². The summed E-state index contributed by atoms with van der Waals surface area (Å²) in [4.78, 5) is 26.9. The van der Waals surface area contributed by atoms with Gasteiger partial charge in [0.05, 0.1) is 24.5 Å². The van der Waals surface area contributed by atoms with Crippen LogP contribution in [0.5, 0.6) is 0 Å². The van der Waals surface area contributed by atoms with Gasteiger partial charge in [-0.25, -0.2) is 0 Å². The molecule has 2 heterocycles. The lowest BCUT2D eigenvalue weighted by atomic mass is 9.99. The molecule has 2 aliphatic rings. The molecule has 3 aromatic rings. The minimum atomic E-state index is -0.536. The van der Waals surface area contributed by atoms with Crippen LogP contribution in [0.1, 0.15) is 21.5 Å². The third-order valence-corrected chi connectivity index (χ3v) is 5.87. The highest BCUT2D eigenvalue weighted by molar-refractivity contribution is 6.37.